The van der Waals surface area contributed by atoms with Crippen molar-refractivity contribution < 1.29 is 13.2 Å². The first-order valence-electron chi connectivity index (χ1n) is 3.72. The van der Waals surface area contributed by atoms with Crippen molar-refractivity contribution in [2.24, 2.45) is 0 Å². The minimum atomic E-state index is -4.38. The number of fused-ring (bicyclic) bond motifs is 1. The molecule has 14 heavy (non-hydrogen) atoms. The van der Waals surface area contributed by atoms with Gasteiger partial charge in [-0.2, -0.15) is 13.2 Å². The third-order valence-electron chi connectivity index (χ3n) is 1.87. The molecule has 0 fully saturated rings. The quantitative estimate of drug-likeness (QED) is 0.654. The lowest BCUT2D eigenvalue weighted by atomic mass is 10.2. The average molecular weight is 218 g/mol. The lowest BCUT2D eigenvalue weighted by Crippen LogP contribution is -2.06. The maximum atomic E-state index is 12.4. The van der Waals surface area contributed by atoms with Gasteiger partial charge in [-0.1, -0.05) is 0 Å². The van der Waals surface area contributed by atoms with E-state index in [0.717, 1.165) is 6.07 Å². The van der Waals surface area contributed by atoms with Crippen molar-refractivity contribution in [1.29, 1.82) is 0 Å². The topological polar surface area (TPSA) is 28.7 Å². The monoisotopic (exact) mass is 218 g/mol. The molecule has 0 saturated carbocycles. The van der Waals surface area contributed by atoms with Crippen molar-refractivity contribution in [2.45, 2.75) is 11.1 Å². The highest BCUT2D eigenvalue weighted by atomic mass is 32.1. The van der Waals surface area contributed by atoms with Gasteiger partial charge in [0.2, 0.25) is 0 Å². The number of imidazole rings is 1. The molecule has 1 N–H and O–H groups in total. The summed E-state index contributed by atoms with van der Waals surface area (Å²) in [4.78, 5) is 6.33. The van der Waals surface area contributed by atoms with Crippen LogP contribution in [-0.2, 0) is 6.18 Å². The summed E-state index contributed by atoms with van der Waals surface area (Å²) in [6, 6.07) is 2.33. The molecule has 0 radical (unpaired) electrons. The molecule has 2 nitrogen and oxygen atoms in total. The van der Waals surface area contributed by atoms with Gasteiger partial charge in [-0.15, -0.1) is 12.6 Å². The van der Waals surface area contributed by atoms with Gasteiger partial charge in [-0.3, -0.25) is 0 Å². The van der Waals surface area contributed by atoms with Crippen LogP contribution in [0.3, 0.4) is 0 Å². The molecule has 0 amide bonds. The van der Waals surface area contributed by atoms with Gasteiger partial charge in [0.15, 0.2) is 0 Å². The van der Waals surface area contributed by atoms with Crippen LogP contribution in [0.1, 0.15) is 5.56 Å². The van der Waals surface area contributed by atoms with Crippen molar-refractivity contribution in [3.8, 4) is 0 Å². The van der Waals surface area contributed by atoms with Crippen molar-refractivity contribution in [3.05, 3.63) is 24.0 Å². The Kier molecular flexibility index (Phi) is 1.95. The number of nitrogens with zero attached hydrogens (tertiary/aromatic N) is 1. The van der Waals surface area contributed by atoms with E-state index in [4.69, 9.17) is 0 Å². The third-order valence-corrected chi connectivity index (χ3v) is 2.32. The maximum absolute atomic E-state index is 12.4. The molecule has 6 heteroatoms. The number of nitrogens with one attached hydrogen (secondary N) is 1. The molecule has 0 saturated heterocycles. The summed E-state index contributed by atoms with van der Waals surface area (Å²) in [5.41, 5.74) is 0.0200. The van der Waals surface area contributed by atoms with E-state index in [-0.39, 0.29) is 10.4 Å². The number of hydrogen-bond donors (Lipinski definition) is 2. The van der Waals surface area contributed by atoms with Gasteiger partial charge >= 0.3 is 6.18 Å². The zero-order chi connectivity index (χ0) is 10.3. The van der Waals surface area contributed by atoms with Crippen molar-refractivity contribution in [2.75, 3.05) is 0 Å². The molecule has 0 aliphatic carbocycles. The van der Waals surface area contributed by atoms with E-state index < -0.39 is 11.7 Å². The summed E-state index contributed by atoms with van der Waals surface area (Å²) < 4.78 is 37.2. The molecule has 1 heterocycles. The zero-order valence-corrected chi connectivity index (χ0v) is 7.65. The fourth-order valence-corrected chi connectivity index (χ4v) is 1.60. The largest absolute Gasteiger partial charge is 0.417 e. The number of halogens is 3. The Morgan fingerprint density at radius 2 is 2.00 bits per heavy atom. The molecule has 0 atom stereocenters. The van der Waals surface area contributed by atoms with Gasteiger partial charge in [0.25, 0.3) is 0 Å². The van der Waals surface area contributed by atoms with Gasteiger partial charge in [-0.05, 0) is 12.1 Å². The predicted molar refractivity (Wildman–Crippen MR) is 48.3 cm³/mol. The van der Waals surface area contributed by atoms with Gasteiger partial charge in [0.1, 0.15) is 5.52 Å². The van der Waals surface area contributed by atoms with Crippen molar-refractivity contribution in [3.63, 3.8) is 0 Å². The Hall–Kier alpha value is -1.17. The van der Waals surface area contributed by atoms with E-state index in [9.17, 15) is 13.2 Å². The van der Waals surface area contributed by atoms with Crippen LogP contribution in [0, 0.1) is 0 Å². The first-order chi connectivity index (χ1) is 6.50. The molecular formula is C8H5F3N2S. The minimum absolute atomic E-state index is 0.142. The van der Waals surface area contributed by atoms with Gasteiger partial charge in [0.05, 0.1) is 17.4 Å². The molecule has 0 spiro atoms. The lowest BCUT2D eigenvalue weighted by Gasteiger charge is -2.08. The van der Waals surface area contributed by atoms with E-state index in [1.807, 2.05) is 0 Å². The Bertz CT molecular complexity index is 475. The fourth-order valence-electron chi connectivity index (χ4n) is 1.22. The molecule has 0 aliphatic heterocycles. The summed E-state index contributed by atoms with van der Waals surface area (Å²) in [6.45, 7) is 0. The molecule has 1 aromatic carbocycles. The number of thiol groups is 1. The van der Waals surface area contributed by atoms with Crippen molar-refractivity contribution in [1.82, 2.24) is 9.97 Å². The fraction of sp³-hybridized carbons (Fsp3) is 0.125. The summed E-state index contributed by atoms with van der Waals surface area (Å²) in [5, 5.41) is 0. The number of alkyl halides is 3. The molecule has 0 aliphatic rings. The highest BCUT2D eigenvalue weighted by Gasteiger charge is 2.33. The van der Waals surface area contributed by atoms with E-state index in [2.05, 4.69) is 22.6 Å². The second-order valence-corrected chi connectivity index (χ2v) is 3.21. The average Bonchev–Trinajstić information content (AvgIpc) is 2.50. The first kappa shape index (κ1) is 9.39. The Labute approximate surface area is 82.6 Å². The van der Waals surface area contributed by atoms with Crippen LogP contribution in [0.2, 0.25) is 0 Å². The summed E-state index contributed by atoms with van der Waals surface area (Å²) in [5.74, 6) is 0. The van der Waals surface area contributed by atoms with Gasteiger partial charge in [0, 0.05) is 4.90 Å². The highest BCUT2D eigenvalue weighted by Crippen LogP contribution is 2.36. The second-order valence-electron chi connectivity index (χ2n) is 2.76. The van der Waals surface area contributed by atoms with E-state index in [1.165, 1.54) is 12.4 Å². The summed E-state index contributed by atoms with van der Waals surface area (Å²) >= 11 is 3.82. The number of H-pyrrole nitrogens is 1. The number of aromatic amines is 1. The van der Waals surface area contributed by atoms with Crippen LogP contribution in [0.4, 0.5) is 13.2 Å². The molecule has 74 valence electrons. The van der Waals surface area contributed by atoms with Crippen LogP contribution >= 0.6 is 12.6 Å². The summed E-state index contributed by atoms with van der Waals surface area (Å²) in [6.07, 6.45) is -3.05. The zero-order valence-electron chi connectivity index (χ0n) is 6.76. The highest BCUT2D eigenvalue weighted by molar-refractivity contribution is 7.80. The SMILES string of the molecule is FC(F)(F)c1ccc2[nH]cnc2c1S. The molecule has 2 aromatic rings. The Morgan fingerprint density at radius 1 is 1.29 bits per heavy atom. The summed E-state index contributed by atoms with van der Waals surface area (Å²) in [7, 11) is 0. The first-order valence-corrected chi connectivity index (χ1v) is 4.17. The molecular weight excluding hydrogens is 213 g/mol. The number of hydrogen-bond acceptors (Lipinski definition) is 2. The second kappa shape index (κ2) is 2.91. The van der Waals surface area contributed by atoms with Crippen LogP contribution < -0.4 is 0 Å². The minimum Gasteiger partial charge on any atom is -0.345 e. The Morgan fingerprint density at radius 3 is 2.64 bits per heavy atom. The van der Waals surface area contributed by atoms with Crippen LogP contribution in [-0.4, -0.2) is 9.97 Å². The number of rotatable bonds is 0. The Balaban J connectivity index is 2.74. The molecule has 0 unspecified atom stereocenters. The molecule has 1 aromatic heterocycles. The van der Waals surface area contributed by atoms with E-state index in [1.54, 1.807) is 0 Å². The van der Waals surface area contributed by atoms with Gasteiger partial charge in [-0.25, -0.2) is 4.98 Å². The van der Waals surface area contributed by atoms with Crippen molar-refractivity contribution >= 4 is 23.7 Å². The van der Waals surface area contributed by atoms with Crippen LogP contribution in [0.5, 0.6) is 0 Å². The lowest BCUT2D eigenvalue weighted by molar-refractivity contribution is -0.139. The van der Waals surface area contributed by atoms with Crippen LogP contribution in [0.15, 0.2) is 23.4 Å². The van der Waals surface area contributed by atoms with Gasteiger partial charge < -0.3 is 4.98 Å². The standard InChI is InChI=1S/C8H5F3N2S/c9-8(10,11)4-1-2-5-6(7(4)14)13-3-12-5/h1-3,14H,(H,12,13). The van der Waals surface area contributed by atoms with E-state index in [0.29, 0.717) is 5.52 Å². The van der Waals surface area contributed by atoms with E-state index >= 15 is 0 Å². The number of aromatic nitrogens is 2. The molecule has 2 rings (SSSR count). The third kappa shape index (κ3) is 1.35. The smallest absolute Gasteiger partial charge is 0.345 e. The number of benzene rings is 1. The van der Waals surface area contributed by atoms with Crippen LogP contribution in [0.25, 0.3) is 11.0 Å². The predicted octanol–water partition coefficient (Wildman–Crippen LogP) is 2.87. The maximum Gasteiger partial charge on any atom is 0.417 e. The normalized spacial score (nSPS) is 12.3. The molecule has 0 bridgehead atoms.